The van der Waals surface area contributed by atoms with Crippen LogP contribution in [0.2, 0.25) is 0 Å². The average molecular weight is 361 g/mol. The molecule has 132 valence electrons. The van der Waals surface area contributed by atoms with E-state index in [1.54, 1.807) is 0 Å². The first kappa shape index (κ1) is 18.6. The van der Waals surface area contributed by atoms with Crippen LogP contribution in [0, 0.1) is 0 Å². The minimum absolute atomic E-state index is 0.0490. The van der Waals surface area contributed by atoms with Crippen LogP contribution in [-0.4, -0.2) is 35.5 Å². The number of amides is 3. The molecule has 7 nitrogen and oxygen atoms in total. The summed E-state index contributed by atoms with van der Waals surface area (Å²) in [6.45, 7) is 3.19. The number of hydrogen-bond acceptors (Lipinski definition) is 6. The van der Waals surface area contributed by atoms with Crippen LogP contribution in [0.3, 0.4) is 0 Å². The minimum Gasteiger partial charge on any atom is -0.452 e. The van der Waals surface area contributed by atoms with Gasteiger partial charge in [0.15, 0.2) is 6.61 Å². The zero-order chi connectivity index (χ0) is 18.2. The van der Waals surface area contributed by atoms with Crippen LogP contribution in [0.1, 0.15) is 25.3 Å². The van der Waals surface area contributed by atoms with Crippen molar-refractivity contribution >= 4 is 45.5 Å². The summed E-state index contributed by atoms with van der Waals surface area (Å²) < 4.78 is 5.81. The molecule has 1 heterocycles. The number of carbonyl (C=O) groups is 3. The first-order valence-electron chi connectivity index (χ1n) is 7.78. The maximum Gasteiger partial charge on any atom is 0.331 e. The van der Waals surface area contributed by atoms with Gasteiger partial charge in [-0.1, -0.05) is 19.1 Å². The van der Waals surface area contributed by atoms with Crippen molar-refractivity contribution in [1.82, 2.24) is 15.6 Å². The standard InChI is InChI=1S/C17H19N3O4S/c1-3-11(2)18-17(23)20-14(21)10-24-16(22)9-8-15-19-12-6-4-5-7-13(12)25-15/h4-9,11H,3,10H2,1-2H3,(H2,18,20,21,23)/b9-8+/t11-/m0/s1. The third kappa shape index (κ3) is 6.00. The number of nitrogens with one attached hydrogen (secondary N) is 2. The molecule has 0 unspecified atom stereocenters. The van der Waals surface area contributed by atoms with Gasteiger partial charge in [0.25, 0.3) is 5.91 Å². The van der Waals surface area contributed by atoms with Crippen LogP contribution in [0.15, 0.2) is 30.3 Å². The van der Waals surface area contributed by atoms with Crippen molar-refractivity contribution in [3.8, 4) is 0 Å². The summed E-state index contributed by atoms with van der Waals surface area (Å²) in [7, 11) is 0. The Morgan fingerprint density at radius 3 is 2.80 bits per heavy atom. The predicted octanol–water partition coefficient (Wildman–Crippen LogP) is 2.48. The monoisotopic (exact) mass is 361 g/mol. The Kier molecular flexibility index (Phi) is 6.64. The molecule has 0 aliphatic heterocycles. The van der Waals surface area contributed by atoms with Gasteiger partial charge in [-0.05, 0) is 31.6 Å². The number of carbonyl (C=O) groups excluding carboxylic acids is 3. The quantitative estimate of drug-likeness (QED) is 0.608. The number of benzene rings is 1. The van der Waals surface area contributed by atoms with Crippen molar-refractivity contribution in [2.45, 2.75) is 26.3 Å². The molecule has 0 aliphatic rings. The molecule has 0 radical (unpaired) electrons. The highest BCUT2D eigenvalue weighted by atomic mass is 32.1. The highest BCUT2D eigenvalue weighted by Gasteiger charge is 2.11. The van der Waals surface area contributed by atoms with Crippen molar-refractivity contribution in [3.63, 3.8) is 0 Å². The van der Waals surface area contributed by atoms with Crippen LogP contribution in [0.5, 0.6) is 0 Å². The summed E-state index contributed by atoms with van der Waals surface area (Å²) in [6.07, 6.45) is 3.47. The zero-order valence-corrected chi connectivity index (χ0v) is 14.8. The second-order valence-electron chi connectivity index (χ2n) is 5.29. The van der Waals surface area contributed by atoms with E-state index in [2.05, 4.69) is 15.6 Å². The lowest BCUT2D eigenvalue weighted by Crippen LogP contribution is -2.44. The molecule has 1 aromatic heterocycles. The normalized spacial score (nSPS) is 12.1. The fourth-order valence-corrected chi connectivity index (χ4v) is 2.68. The van der Waals surface area contributed by atoms with Crippen LogP contribution in [0.4, 0.5) is 4.79 Å². The average Bonchev–Trinajstić information content (AvgIpc) is 3.00. The molecule has 0 aliphatic carbocycles. The smallest absolute Gasteiger partial charge is 0.331 e. The van der Waals surface area contributed by atoms with Crippen molar-refractivity contribution in [2.24, 2.45) is 0 Å². The maximum atomic E-state index is 11.6. The van der Waals surface area contributed by atoms with Gasteiger partial charge >= 0.3 is 12.0 Å². The van der Waals surface area contributed by atoms with Gasteiger partial charge in [0.1, 0.15) is 5.01 Å². The van der Waals surface area contributed by atoms with Crippen molar-refractivity contribution in [2.75, 3.05) is 6.61 Å². The number of ether oxygens (including phenoxy) is 1. The lowest BCUT2D eigenvalue weighted by atomic mass is 10.3. The molecule has 0 bridgehead atoms. The number of rotatable bonds is 6. The first-order valence-corrected chi connectivity index (χ1v) is 8.60. The number of fused-ring (bicyclic) bond motifs is 1. The molecule has 3 amide bonds. The molecule has 0 saturated heterocycles. The molecule has 2 N–H and O–H groups in total. The minimum atomic E-state index is -0.692. The molecular weight excluding hydrogens is 342 g/mol. The Bertz CT molecular complexity index is 767. The number of thiazole rings is 1. The third-order valence-electron chi connectivity index (χ3n) is 3.26. The van der Waals surface area contributed by atoms with Crippen LogP contribution < -0.4 is 10.6 Å². The fourth-order valence-electron chi connectivity index (χ4n) is 1.81. The van der Waals surface area contributed by atoms with Gasteiger partial charge in [-0.3, -0.25) is 10.1 Å². The molecule has 2 rings (SSSR count). The highest BCUT2D eigenvalue weighted by Crippen LogP contribution is 2.22. The van der Waals surface area contributed by atoms with E-state index in [0.29, 0.717) is 5.01 Å². The van der Waals surface area contributed by atoms with E-state index in [-0.39, 0.29) is 6.04 Å². The fraction of sp³-hybridized carbons (Fsp3) is 0.294. The molecule has 8 heteroatoms. The van der Waals surface area contributed by atoms with E-state index < -0.39 is 24.5 Å². The lowest BCUT2D eigenvalue weighted by molar-refractivity contribution is -0.143. The summed E-state index contributed by atoms with van der Waals surface area (Å²) in [5.74, 6) is -1.38. The summed E-state index contributed by atoms with van der Waals surface area (Å²) in [4.78, 5) is 39.0. The molecule has 0 saturated carbocycles. The van der Waals surface area contributed by atoms with Crippen molar-refractivity contribution in [1.29, 1.82) is 0 Å². The lowest BCUT2D eigenvalue weighted by Gasteiger charge is -2.11. The Labute approximate surface area is 149 Å². The third-order valence-corrected chi connectivity index (χ3v) is 4.26. The van der Waals surface area contributed by atoms with E-state index in [1.807, 2.05) is 38.1 Å². The van der Waals surface area contributed by atoms with E-state index in [0.717, 1.165) is 16.6 Å². The molecule has 25 heavy (non-hydrogen) atoms. The Balaban J connectivity index is 1.78. The van der Waals surface area contributed by atoms with Gasteiger partial charge < -0.3 is 10.1 Å². The second-order valence-corrected chi connectivity index (χ2v) is 6.35. The van der Waals surface area contributed by atoms with E-state index in [4.69, 9.17) is 4.74 Å². The van der Waals surface area contributed by atoms with E-state index in [1.165, 1.54) is 23.5 Å². The highest BCUT2D eigenvalue weighted by molar-refractivity contribution is 7.19. The molecule has 1 aromatic carbocycles. The number of urea groups is 1. The number of nitrogens with zero attached hydrogens (tertiary/aromatic N) is 1. The largest absolute Gasteiger partial charge is 0.452 e. The molecule has 2 aromatic rings. The number of imide groups is 1. The summed E-state index contributed by atoms with van der Waals surface area (Å²) >= 11 is 1.44. The number of hydrogen-bond donors (Lipinski definition) is 2. The maximum absolute atomic E-state index is 11.6. The first-order chi connectivity index (χ1) is 12.0. The number of esters is 1. The van der Waals surface area contributed by atoms with Crippen molar-refractivity contribution < 1.29 is 19.1 Å². The molecule has 0 fully saturated rings. The number of aromatic nitrogens is 1. The zero-order valence-electron chi connectivity index (χ0n) is 13.9. The molecular formula is C17H19N3O4S. The summed E-state index contributed by atoms with van der Waals surface area (Å²) in [5.41, 5.74) is 0.854. The Morgan fingerprint density at radius 2 is 2.08 bits per heavy atom. The number of para-hydroxylation sites is 1. The van der Waals surface area contributed by atoms with Crippen molar-refractivity contribution in [3.05, 3.63) is 35.3 Å². The Morgan fingerprint density at radius 1 is 1.32 bits per heavy atom. The topological polar surface area (TPSA) is 97.4 Å². The second kappa shape index (κ2) is 8.93. The van der Waals surface area contributed by atoms with Gasteiger partial charge in [-0.2, -0.15) is 0 Å². The van der Waals surface area contributed by atoms with Gasteiger partial charge in [0.05, 0.1) is 10.2 Å². The van der Waals surface area contributed by atoms with Gasteiger partial charge in [-0.25, -0.2) is 14.6 Å². The van der Waals surface area contributed by atoms with Gasteiger partial charge in [0.2, 0.25) is 0 Å². The van der Waals surface area contributed by atoms with Gasteiger partial charge in [0, 0.05) is 12.1 Å². The van der Waals surface area contributed by atoms with Gasteiger partial charge in [-0.15, -0.1) is 11.3 Å². The predicted molar refractivity (Wildman–Crippen MR) is 96.0 cm³/mol. The van der Waals surface area contributed by atoms with Crippen LogP contribution >= 0.6 is 11.3 Å². The van der Waals surface area contributed by atoms with E-state index in [9.17, 15) is 14.4 Å². The molecule has 0 spiro atoms. The molecule has 1 atom stereocenters. The summed E-state index contributed by atoms with van der Waals surface area (Å²) in [6, 6.07) is 6.97. The Hall–Kier alpha value is -2.74. The van der Waals surface area contributed by atoms with Crippen LogP contribution in [-0.2, 0) is 14.3 Å². The van der Waals surface area contributed by atoms with Crippen LogP contribution in [0.25, 0.3) is 16.3 Å². The van der Waals surface area contributed by atoms with E-state index >= 15 is 0 Å². The summed E-state index contributed by atoms with van der Waals surface area (Å²) in [5, 5.41) is 5.33. The SMILES string of the molecule is CC[C@H](C)NC(=O)NC(=O)COC(=O)/C=C/c1nc2ccccc2s1.